The van der Waals surface area contributed by atoms with Gasteiger partial charge in [-0.05, 0) is 62.7 Å². The van der Waals surface area contributed by atoms with E-state index in [0.29, 0.717) is 5.56 Å². The van der Waals surface area contributed by atoms with Crippen LogP contribution in [0.15, 0.2) is 42.5 Å². The molecule has 0 fully saturated rings. The molecule has 0 atom stereocenters. The minimum atomic E-state index is 0.0529. The lowest BCUT2D eigenvalue weighted by Crippen LogP contribution is -1.99. The van der Waals surface area contributed by atoms with E-state index < -0.39 is 0 Å². The molecule has 0 aliphatic rings. The number of carbonyl (C=O) groups excluding carboxylic acids is 1. The fraction of sp³-hybridized carbons (Fsp3) is 0.200. The highest BCUT2D eigenvalue weighted by atomic mass is 16.5. The summed E-state index contributed by atoms with van der Waals surface area (Å²) in [5, 5.41) is 0.923. The predicted molar refractivity (Wildman–Crippen MR) is 93.2 cm³/mol. The fourth-order valence-corrected chi connectivity index (χ4v) is 2.88. The molecule has 0 radical (unpaired) electrons. The third kappa shape index (κ3) is 2.82. The van der Waals surface area contributed by atoms with Crippen molar-refractivity contribution in [1.82, 2.24) is 4.98 Å². The number of fused-ring (bicyclic) bond motifs is 1. The highest BCUT2D eigenvalue weighted by Gasteiger charge is 2.13. The van der Waals surface area contributed by atoms with Crippen molar-refractivity contribution < 1.29 is 9.53 Å². The van der Waals surface area contributed by atoms with Gasteiger partial charge in [0.15, 0.2) is 5.78 Å². The topological polar surface area (TPSA) is 39.2 Å². The van der Waals surface area contributed by atoms with Gasteiger partial charge in [-0.1, -0.05) is 11.6 Å². The number of ketones is 1. The SMILES string of the molecule is COc1ccc(-c2cc(C(C)=O)c3cc(C)cc(C)c3n2)cc1. The van der Waals surface area contributed by atoms with Crippen molar-refractivity contribution in [3.05, 3.63) is 59.2 Å². The second-order valence-electron chi connectivity index (χ2n) is 5.82. The van der Waals surface area contributed by atoms with Crippen molar-refractivity contribution in [3.63, 3.8) is 0 Å². The molecule has 0 saturated carbocycles. The normalized spacial score (nSPS) is 10.8. The average Bonchev–Trinajstić information content (AvgIpc) is 2.54. The Bertz CT molecular complexity index is 896. The summed E-state index contributed by atoms with van der Waals surface area (Å²) in [4.78, 5) is 16.9. The Balaban J connectivity index is 2.27. The van der Waals surface area contributed by atoms with Crippen LogP contribution in [-0.2, 0) is 0 Å². The van der Waals surface area contributed by atoms with Gasteiger partial charge in [0.1, 0.15) is 5.75 Å². The Kier molecular flexibility index (Phi) is 3.87. The summed E-state index contributed by atoms with van der Waals surface area (Å²) < 4.78 is 5.20. The third-order valence-corrected chi connectivity index (χ3v) is 4.01. The van der Waals surface area contributed by atoms with Gasteiger partial charge >= 0.3 is 0 Å². The number of carbonyl (C=O) groups is 1. The van der Waals surface area contributed by atoms with Crippen LogP contribution < -0.4 is 4.74 Å². The number of methoxy groups -OCH3 is 1. The summed E-state index contributed by atoms with van der Waals surface area (Å²) in [6.45, 7) is 5.67. The maximum absolute atomic E-state index is 12.1. The van der Waals surface area contributed by atoms with Crippen molar-refractivity contribution in [2.75, 3.05) is 7.11 Å². The van der Waals surface area contributed by atoms with Crippen molar-refractivity contribution in [2.45, 2.75) is 20.8 Å². The number of hydrogen-bond acceptors (Lipinski definition) is 3. The van der Waals surface area contributed by atoms with Gasteiger partial charge in [0.2, 0.25) is 0 Å². The van der Waals surface area contributed by atoms with Gasteiger partial charge in [0, 0.05) is 16.5 Å². The molecule has 0 amide bonds. The first-order valence-electron chi connectivity index (χ1n) is 7.57. The number of Topliss-reactive ketones (excluding diaryl/α,β-unsaturated/α-hetero) is 1. The van der Waals surface area contributed by atoms with Crippen LogP contribution in [0.25, 0.3) is 22.2 Å². The summed E-state index contributed by atoms with van der Waals surface area (Å²) in [5.41, 5.74) is 5.59. The molecule has 1 heterocycles. The van der Waals surface area contributed by atoms with Crippen LogP contribution >= 0.6 is 0 Å². The molecule has 0 spiro atoms. The molecule has 3 heteroatoms. The first-order valence-corrected chi connectivity index (χ1v) is 7.57. The molecule has 3 nitrogen and oxygen atoms in total. The molecule has 2 aromatic carbocycles. The van der Waals surface area contributed by atoms with E-state index in [-0.39, 0.29) is 5.78 Å². The Hall–Kier alpha value is -2.68. The Morgan fingerprint density at radius 3 is 2.35 bits per heavy atom. The van der Waals surface area contributed by atoms with E-state index in [1.807, 2.05) is 50.2 Å². The van der Waals surface area contributed by atoms with Crippen LogP contribution in [0.4, 0.5) is 0 Å². The third-order valence-electron chi connectivity index (χ3n) is 4.01. The molecular formula is C20H19NO2. The second-order valence-corrected chi connectivity index (χ2v) is 5.82. The standard InChI is InChI=1S/C20H19NO2/c1-12-9-13(2)20-18(10-12)17(14(3)22)11-19(21-20)15-5-7-16(23-4)8-6-15/h5-11H,1-4H3. The molecule has 116 valence electrons. The largest absolute Gasteiger partial charge is 0.497 e. The van der Waals surface area contributed by atoms with E-state index in [1.54, 1.807) is 14.0 Å². The lowest BCUT2D eigenvalue weighted by Gasteiger charge is -2.11. The molecule has 23 heavy (non-hydrogen) atoms. The van der Waals surface area contributed by atoms with Crippen molar-refractivity contribution in [3.8, 4) is 17.0 Å². The van der Waals surface area contributed by atoms with Crippen LogP contribution in [0, 0.1) is 13.8 Å². The number of nitrogens with zero attached hydrogens (tertiary/aromatic N) is 1. The number of pyridine rings is 1. The predicted octanol–water partition coefficient (Wildman–Crippen LogP) is 4.73. The number of ether oxygens (including phenoxy) is 1. The van der Waals surface area contributed by atoms with Crippen molar-refractivity contribution in [1.29, 1.82) is 0 Å². The molecule has 0 unspecified atom stereocenters. The van der Waals surface area contributed by atoms with Crippen molar-refractivity contribution in [2.24, 2.45) is 0 Å². The number of hydrogen-bond donors (Lipinski definition) is 0. The number of aromatic nitrogens is 1. The molecule has 1 aromatic heterocycles. The van der Waals surface area contributed by atoms with E-state index in [0.717, 1.165) is 39.0 Å². The molecule has 3 aromatic rings. The summed E-state index contributed by atoms with van der Waals surface area (Å²) in [5.74, 6) is 0.852. The smallest absolute Gasteiger partial charge is 0.160 e. The van der Waals surface area contributed by atoms with Crippen LogP contribution in [0.5, 0.6) is 5.75 Å². The molecule has 0 saturated heterocycles. The minimum Gasteiger partial charge on any atom is -0.497 e. The Morgan fingerprint density at radius 2 is 1.74 bits per heavy atom. The van der Waals surface area contributed by atoms with Gasteiger partial charge in [-0.3, -0.25) is 4.79 Å². The lowest BCUT2D eigenvalue weighted by atomic mass is 9.98. The van der Waals surface area contributed by atoms with Crippen LogP contribution in [0.1, 0.15) is 28.4 Å². The Labute approximate surface area is 135 Å². The zero-order chi connectivity index (χ0) is 16.6. The van der Waals surface area contributed by atoms with E-state index in [1.165, 1.54) is 0 Å². The monoisotopic (exact) mass is 305 g/mol. The highest BCUT2D eigenvalue weighted by molar-refractivity contribution is 6.08. The number of benzene rings is 2. The van der Waals surface area contributed by atoms with Crippen LogP contribution in [-0.4, -0.2) is 17.9 Å². The maximum Gasteiger partial charge on any atom is 0.160 e. The van der Waals surface area contributed by atoms with E-state index >= 15 is 0 Å². The minimum absolute atomic E-state index is 0.0529. The molecule has 0 N–H and O–H groups in total. The van der Waals surface area contributed by atoms with Gasteiger partial charge in [0.25, 0.3) is 0 Å². The number of aryl methyl sites for hydroxylation is 2. The quantitative estimate of drug-likeness (QED) is 0.657. The molecule has 0 aliphatic heterocycles. The summed E-state index contributed by atoms with van der Waals surface area (Å²) in [6, 6.07) is 13.7. The van der Waals surface area contributed by atoms with Gasteiger partial charge in [0.05, 0.1) is 18.3 Å². The van der Waals surface area contributed by atoms with Gasteiger partial charge in [-0.2, -0.15) is 0 Å². The number of rotatable bonds is 3. The Morgan fingerprint density at radius 1 is 1.04 bits per heavy atom. The average molecular weight is 305 g/mol. The summed E-state index contributed by atoms with van der Waals surface area (Å²) in [6.07, 6.45) is 0. The van der Waals surface area contributed by atoms with Crippen LogP contribution in [0.3, 0.4) is 0 Å². The highest BCUT2D eigenvalue weighted by Crippen LogP contribution is 2.29. The summed E-state index contributed by atoms with van der Waals surface area (Å²) in [7, 11) is 1.64. The van der Waals surface area contributed by atoms with E-state index in [2.05, 4.69) is 6.07 Å². The van der Waals surface area contributed by atoms with E-state index in [4.69, 9.17) is 9.72 Å². The summed E-state index contributed by atoms with van der Waals surface area (Å²) >= 11 is 0. The molecule has 0 bridgehead atoms. The fourth-order valence-electron chi connectivity index (χ4n) is 2.88. The molecular weight excluding hydrogens is 286 g/mol. The van der Waals surface area contributed by atoms with Crippen LogP contribution in [0.2, 0.25) is 0 Å². The lowest BCUT2D eigenvalue weighted by molar-refractivity contribution is 0.101. The van der Waals surface area contributed by atoms with Gasteiger partial charge < -0.3 is 4.74 Å². The first-order chi connectivity index (χ1) is 11.0. The van der Waals surface area contributed by atoms with Gasteiger partial charge in [-0.25, -0.2) is 4.98 Å². The zero-order valence-corrected chi connectivity index (χ0v) is 13.8. The molecule has 0 aliphatic carbocycles. The maximum atomic E-state index is 12.1. The zero-order valence-electron chi connectivity index (χ0n) is 13.8. The van der Waals surface area contributed by atoms with E-state index in [9.17, 15) is 4.79 Å². The first kappa shape index (κ1) is 15.2. The van der Waals surface area contributed by atoms with Gasteiger partial charge in [-0.15, -0.1) is 0 Å². The van der Waals surface area contributed by atoms with Crippen molar-refractivity contribution >= 4 is 16.7 Å². The second kappa shape index (κ2) is 5.84. The molecule has 3 rings (SSSR count).